The summed E-state index contributed by atoms with van der Waals surface area (Å²) in [7, 11) is 0. The van der Waals surface area contributed by atoms with Gasteiger partial charge < -0.3 is 21.1 Å². The summed E-state index contributed by atoms with van der Waals surface area (Å²) < 4.78 is 13.9. The fourth-order valence-electron chi connectivity index (χ4n) is 4.22. The first-order valence-corrected chi connectivity index (χ1v) is 11.4. The molecule has 1 aliphatic carbocycles. The topological polar surface area (TPSA) is 103 Å². The van der Waals surface area contributed by atoms with Gasteiger partial charge in [0.1, 0.15) is 11.8 Å². The number of rotatable bonds is 8. The average molecular weight is 463 g/mol. The molecule has 4 rings (SSSR count). The third kappa shape index (κ3) is 5.89. The fraction of sp³-hybridized carbons (Fsp3) is 0.269. The number of carbonyl (C=O) groups excluding carboxylic acids is 2. The zero-order chi connectivity index (χ0) is 23.9. The van der Waals surface area contributed by atoms with E-state index in [9.17, 15) is 19.1 Å². The van der Waals surface area contributed by atoms with Gasteiger partial charge in [-0.1, -0.05) is 43.9 Å². The predicted octanol–water partition coefficient (Wildman–Crippen LogP) is 4.99. The van der Waals surface area contributed by atoms with E-state index < -0.39 is 17.8 Å². The largest absolute Gasteiger partial charge is 0.506 e. The van der Waals surface area contributed by atoms with Crippen LogP contribution in [0, 0.1) is 11.7 Å². The average Bonchev–Trinajstić information content (AvgIpc) is 3.35. The molecule has 3 aromatic rings. The van der Waals surface area contributed by atoms with E-state index in [0.717, 1.165) is 31.9 Å². The molecule has 1 atom stereocenters. The van der Waals surface area contributed by atoms with E-state index in [0.29, 0.717) is 29.3 Å². The zero-order valence-corrected chi connectivity index (χ0v) is 18.6. The van der Waals surface area contributed by atoms with E-state index in [2.05, 4.69) is 20.9 Å². The SMILES string of the molecule is O=C(N[C@@H](CC1CCCC1)C(=O)Nc1ccccc1O)c1cccc(Nc2ccncc2F)c1. The van der Waals surface area contributed by atoms with Crippen LogP contribution in [0.4, 0.5) is 21.5 Å². The summed E-state index contributed by atoms with van der Waals surface area (Å²) >= 11 is 0. The Morgan fingerprint density at radius 1 is 1.06 bits per heavy atom. The number of nitrogens with zero attached hydrogens (tertiary/aromatic N) is 1. The minimum absolute atomic E-state index is 0.0380. The number of pyridine rings is 1. The second kappa shape index (κ2) is 10.8. The highest BCUT2D eigenvalue weighted by Crippen LogP contribution is 2.30. The smallest absolute Gasteiger partial charge is 0.252 e. The molecule has 34 heavy (non-hydrogen) atoms. The molecule has 2 aromatic carbocycles. The van der Waals surface area contributed by atoms with Crippen LogP contribution in [-0.2, 0) is 4.79 Å². The second-order valence-electron chi connectivity index (χ2n) is 8.48. The van der Waals surface area contributed by atoms with E-state index >= 15 is 0 Å². The molecule has 0 unspecified atom stereocenters. The molecule has 176 valence electrons. The van der Waals surface area contributed by atoms with Gasteiger partial charge in [0.15, 0.2) is 5.82 Å². The molecular weight excluding hydrogens is 435 g/mol. The van der Waals surface area contributed by atoms with Gasteiger partial charge in [0.2, 0.25) is 5.91 Å². The summed E-state index contributed by atoms with van der Waals surface area (Å²) in [5.74, 6) is -0.981. The van der Waals surface area contributed by atoms with Crippen molar-refractivity contribution in [2.45, 2.75) is 38.1 Å². The monoisotopic (exact) mass is 462 g/mol. The van der Waals surface area contributed by atoms with Gasteiger partial charge in [-0.2, -0.15) is 0 Å². The Bertz CT molecular complexity index is 1160. The van der Waals surface area contributed by atoms with Gasteiger partial charge >= 0.3 is 0 Å². The third-order valence-electron chi connectivity index (χ3n) is 6.00. The Labute approximate surface area is 197 Å². The van der Waals surface area contributed by atoms with Gasteiger partial charge in [-0.25, -0.2) is 4.39 Å². The second-order valence-corrected chi connectivity index (χ2v) is 8.48. The van der Waals surface area contributed by atoms with Crippen molar-refractivity contribution in [2.24, 2.45) is 5.92 Å². The molecule has 2 amide bonds. The molecule has 0 spiro atoms. The summed E-state index contributed by atoms with van der Waals surface area (Å²) in [4.78, 5) is 29.9. The Kier molecular flexibility index (Phi) is 7.37. The number of hydrogen-bond acceptors (Lipinski definition) is 5. The number of halogens is 1. The van der Waals surface area contributed by atoms with Gasteiger partial charge in [0.25, 0.3) is 5.91 Å². The maximum atomic E-state index is 13.9. The molecule has 0 saturated heterocycles. The van der Waals surface area contributed by atoms with Gasteiger partial charge in [0.05, 0.1) is 17.6 Å². The number of hydrogen-bond donors (Lipinski definition) is 4. The van der Waals surface area contributed by atoms with Crippen molar-refractivity contribution in [3.63, 3.8) is 0 Å². The predicted molar refractivity (Wildman–Crippen MR) is 128 cm³/mol. The van der Waals surface area contributed by atoms with E-state index in [1.807, 2.05) is 0 Å². The summed E-state index contributed by atoms with van der Waals surface area (Å²) in [6.45, 7) is 0. The maximum absolute atomic E-state index is 13.9. The van der Waals surface area contributed by atoms with Gasteiger partial charge in [-0.3, -0.25) is 14.6 Å². The van der Waals surface area contributed by atoms with Crippen molar-refractivity contribution in [2.75, 3.05) is 10.6 Å². The summed E-state index contributed by atoms with van der Waals surface area (Å²) in [5, 5.41) is 18.5. The lowest BCUT2D eigenvalue weighted by Gasteiger charge is -2.22. The van der Waals surface area contributed by atoms with Crippen molar-refractivity contribution >= 4 is 28.9 Å². The molecule has 4 N–H and O–H groups in total. The first-order valence-electron chi connectivity index (χ1n) is 11.4. The first kappa shape index (κ1) is 23.2. The van der Waals surface area contributed by atoms with Crippen molar-refractivity contribution in [1.82, 2.24) is 10.3 Å². The standard InChI is InChI=1S/C26H27FN4O3/c27-20-16-28-13-12-21(20)29-19-9-5-8-18(15-19)25(33)31-23(14-17-6-1-2-7-17)26(34)30-22-10-3-4-11-24(22)32/h3-5,8-13,15-17,23,32H,1-2,6-7,14H2,(H,28,29)(H,30,34)(H,31,33)/t23-/m0/s1. The fourth-order valence-corrected chi connectivity index (χ4v) is 4.22. The van der Waals surface area contributed by atoms with Crippen LogP contribution < -0.4 is 16.0 Å². The number of anilines is 3. The number of amides is 2. The molecule has 1 heterocycles. The number of nitrogens with one attached hydrogen (secondary N) is 3. The number of phenolic OH excluding ortho intramolecular Hbond substituents is 1. The molecule has 1 aromatic heterocycles. The Morgan fingerprint density at radius 3 is 2.62 bits per heavy atom. The Balaban J connectivity index is 1.49. The quantitative estimate of drug-likeness (QED) is 0.353. The highest BCUT2D eigenvalue weighted by Gasteiger charge is 2.27. The van der Waals surface area contributed by atoms with Gasteiger partial charge in [-0.15, -0.1) is 0 Å². The van der Waals surface area contributed by atoms with Crippen molar-refractivity contribution < 1.29 is 19.1 Å². The minimum atomic E-state index is -0.760. The lowest BCUT2D eigenvalue weighted by Crippen LogP contribution is -2.44. The molecular formula is C26H27FN4O3. The Hall–Kier alpha value is -3.94. The summed E-state index contributed by atoms with van der Waals surface area (Å²) in [6.07, 6.45) is 7.37. The minimum Gasteiger partial charge on any atom is -0.506 e. The zero-order valence-electron chi connectivity index (χ0n) is 18.6. The Morgan fingerprint density at radius 2 is 1.85 bits per heavy atom. The molecule has 0 radical (unpaired) electrons. The van der Waals surface area contributed by atoms with E-state index in [1.54, 1.807) is 42.5 Å². The lowest BCUT2D eigenvalue weighted by atomic mass is 9.97. The number of aromatic hydroxyl groups is 1. The van der Waals surface area contributed by atoms with Crippen LogP contribution in [0.25, 0.3) is 0 Å². The van der Waals surface area contributed by atoms with Crippen LogP contribution in [0.3, 0.4) is 0 Å². The molecule has 1 saturated carbocycles. The van der Waals surface area contributed by atoms with Crippen molar-refractivity contribution in [3.8, 4) is 5.75 Å². The highest BCUT2D eigenvalue weighted by molar-refractivity contribution is 6.02. The van der Waals surface area contributed by atoms with Crippen LogP contribution in [0.15, 0.2) is 67.0 Å². The highest BCUT2D eigenvalue weighted by atomic mass is 19.1. The van der Waals surface area contributed by atoms with Crippen LogP contribution >= 0.6 is 0 Å². The number of aromatic nitrogens is 1. The number of phenols is 1. The van der Waals surface area contributed by atoms with E-state index in [4.69, 9.17) is 0 Å². The molecule has 1 fully saturated rings. The summed E-state index contributed by atoms with van der Waals surface area (Å²) in [5.41, 5.74) is 1.41. The van der Waals surface area contributed by atoms with Gasteiger partial charge in [0, 0.05) is 17.4 Å². The maximum Gasteiger partial charge on any atom is 0.252 e. The van der Waals surface area contributed by atoms with Crippen LogP contribution in [0.1, 0.15) is 42.5 Å². The molecule has 7 nitrogen and oxygen atoms in total. The molecule has 0 aliphatic heterocycles. The molecule has 1 aliphatic rings. The summed E-state index contributed by atoms with van der Waals surface area (Å²) in [6, 6.07) is 13.9. The normalized spacial score (nSPS) is 14.4. The van der Waals surface area contributed by atoms with Crippen molar-refractivity contribution in [1.29, 1.82) is 0 Å². The molecule has 0 bridgehead atoms. The van der Waals surface area contributed by atoms with E-state index in [1.165, 1.54) is 18.3 Å². The number of carbonyl (C=O) groups is 2. The first-order chi connectivity index (χ1) is 16.5. The number of para-hydroxylation sites is 2. The lowest BCUT2D eigenvalue weighted by molar-refractivity contribution is -0.118. The van der Waals surface area contributed by atoms with Crippen LogP contribution in [-0.4, -0.2) is 27.9 Å². The van der Waals surface area contributed by atoms with Crippen LogP contribution in [0.5, 0.6) is 5.75 Å². The van der Waals surface area contributed by atoms with Crippen molar-refractivity contribution in [3.05, 3.63) is 78.4 Å². The molecule has 8 heteroatoms. The van der Waals surface area contributed by atoms with E-state index in [-0.39, 0.29) is 17.3 Å². The number of benzene rings is 2. The van der Waals surface area contributed by atoms with Crippen LogP contribution in [0.2, 0.25) is 0 Å². The van der Waals surface area contributed by atoms with Gasteiger partial charge in [-0.05, 0) is 48.7 Å². The third-order valence-corrected chi connectivity index (χ3v) is 6.00.